The van der Waals surface area contributed by atoms with Crippen molar-refractivity contribution in [1.29, 1.82) is 0 Å². The van der Waals surface area contributed by atoms with Crippen LogP contribution in [-0.4, -0.2) is 23.9 Å². The normalized spacial score (nSPS) is 12.6. The van der Waals surface area contributed by atoms with Gasteiger partial charge in [0, 0.05) is 24.2 Å². The van der Waals surface area contributed by atoms with Crippen molar-refractivity contribution in [3.05, 3.63) is 23.5 Å². The molecule has 1 unspecified atom stereocenters. The average molecular weight is 200 g/mol. The van der Waals surface area contributed by atoms with Crippen molar-refractivity contribution >= 4 is 0 Å². The number of phenolic OH excluding ortho intramolecular Hbond substituents is 1. The van der Waals surface area contributed by atoms with Crippen LogP contribution in [-0.2, 0) is 0 Å². The zero-order valence-electron chi connectivity index (χ0n) is 8.12. The Balaban J connectivity index is 3.19. The first-order valence-corrected chi connectivity index (χ1v) is 4.27. The highest BCUT2D eigenvalue weighted by atomic mass is 19.1. The van der Waals surface area contributed by atoms with Crippen LogP contribution in [0.25, 0.3) is 0 Å². The van der Waals surface area contributed by atoms with Crippen LogP contribution in [0.2, 0.25) is 0 Å². The summed E-state index contributed by atoms with van der Waals surface area (Å²) in [6, 6.07) is 2.38. The maximum absolute atomic E-state index is 12.9. The molecule has 0 aliphatic carbocycles. The van der Waals surface area contributed by atoms with Crippen molar-refractivity contribution in [2.24, 2.45) is 0 Å². The van der Waals surface area contributed by atoms with Gasteiger partial charge in [0.05, 0.1) is 7.11 Å². The van der Waals surface area contributed by atoms with Gasteiger partial charge in [-0.2, -0.15) is 0 Å². The van der Waals surface area contributed by atoms with Crippen LogP contribution in [0.5, 0.6) is 11.5 Å². The SMILES string of the molecule is COc1cc(F)c(O)cc1C(C)CO. The van der Waals surface area contributed by atoms with Crippen LogP contribution in [0.3, 0.4) is 0 Å². The van der Waals surface area contributed by atoms with Crippen molar-refractivity contribution in [1.82, 2.24) is 0 Å². The molecule has 3 nitrogen and oxygen atoms in total. The third kappa shape index (κ3) is 1.96. The van der Waals surface area contributed by atoms with Crippen molar-refractivity contribution < 1.29 is 19.3 Å². The van der Waals surface area contributed by atoms with Crippen molar-refractivity contribution in [3.63, 3.8) is 0 Å². The number of hydrogen-bond acceptors (Lipinski definition) is 3. The molecule has 0 saturated heterocycles. The molecule has 14 heavy (non-hydrogen) atoms. The molecule has 0 radical (unpaired) electrons. The minimum absolute atomic E-state index is 0.0819. The third-order valence-corrected chi connectivity index (χ3v) is 2.10. The highest BCUT2D eigenvalue weighted by molar-refractivity contribution is 5.42. The Bertz CT molecular complexity index is 325. The molecule has 0 aliphatic rings. The van der Waals surface area contributed by atoms with Crippen molar-refractivity contribution in [3.8, 4) is 11.5 Å². The summed E-state index contributed by atoms with van der Waals surface area (Å²) in [5.74, 6) is -1.02. The van der Waals surface area contributed by atoms with Crippen LogP contribution >= 0.6 is 0 Å². The molecule has 2 N–H and O–H groups in total. The van der Waals surface area contributed by atoms with E-state index in [1.165, 1.54) is 13.2 Å². The molecule has 0 saturated carbocycles. The lowest BCUT2D eigenvalue weighted by Gasteiger charge is -2.13. The third-order valence-electron chi connectivity index (χ3n) is 2.10. The van der Waals surface area contributed by atoms with Gasteiger partial charge in [0.1, 0.15) is 5.75 Å². The summed E-state index contributed by atoms with van der Waals surface area (Å²) in [7, 11) is 1.42. The van der Waals surface area contributed by atoms with Gasteiger partial charge in [-0.25, -0.2) is 4.39 Å². The Labute approximate surface area is 81.8 Å². The van der Waals surface area contributed by atoms with E-state index in [0.29, 0.717) is 11.3 Å². The Morgan fingerprint density at radius 2 is 2.14 bits per heavy atom. The van der Waals surface area contributed by atoms with Gasteiger partial charge >= 0.3 is 0 Å². The largest absolute Gasteiger partial charge is 0.505 e. The number of hydrogen-bond donors (Lipinski definition) is 2. The second-order valence-electron chi connectivity index (χ2n) is 3.13. The highest BCUT2D eigenvalue weighted by Gasteiger charge is 2.14. The average Bonchev–Trinajstić information content (AvgIpc) is 2.20. The number of ether oxygens (including phenoxy) is 1. The zero-order chi connectivity index (χ0) is 10.7. The fraction of sp³-hybridized carbons (Fsp3) is 0.400. The van der Waals surface area contributed by atoms with Crippen molar-refractivity contribution in [2.75, 3.05) is 13.7 Å². The lowest BCUT2D eigenvalue weighted by Crippen LogP contribution is -2.02. The molecule has 0 aromatic heterocycles. The number of rotatable bonds is 3. The Morgan fingerprint density at radius 3 is 2.64 bits per heavy atom. The molecule has 0 fully saturated rings. The number of phenols is 1. The van der Waals surface area contributed by atoms with E-state index in [4.69, 9.17) is 14.9 Å². The van der Waals surface area contributed by atoms with Gasteiger partial charge < -0.3 is 14.9 Å². The van der Waals surface area contributed by atoms with Crippen LogP contribution in [0, 0.1) is 5.82 Å². The van der Waals surface area contributed by atoms with Gasteiger partial charge in [-0.3, -0.25) is 0 Å². The van der Waals surface area contributed by atoms with E-state index in [1.54, 1.807) is 6.92 Å². The molecule has 0 aliphatic heterocycles. The van der Waals surface area contributed by atoms with Gasteiger partial charge in [-0.15, -0.1) is 0 Å². The minimum Gasteiger partial charge on any atom is -0.505 e. The predicted molar refractivity (Wildman–Crippen MR) is 50.1 cm³/mol. The number of aromatic hydroxyl groups is 1. The van der Waals surface area contributed by atoms with E-state index in [0.717, 1.165) is 6.07 Å². The lowest BCUT2D eigenvalue weighted by molar-refractivity contribution is 0.269. The summed E-state index contributed by atoms with van der Waals surface area (Å²) in [5.41, 5.74) is 0.592. The summed E-state index contributed by atoms with van der Waals surface area (Å²) in [6.07, 6.45) is 0. The standard InChI is InChI=1S/C10H13FO3/c1-6(5-12)7-3-9(13)8(11)4-10(7)14-2/h3-4,6,12-13H,5H2,1-2H3. The minimum atomic E-state index is -0.726. The van der Waals surface area contributed by atoms with Crippen LogP contribution in [0.4, 0.5) is 4.39 Å². The maximum Gasteiger partial charge on any atom is 0.168 e. The summed E-state index contributed by atoms with van der Waals surface area (Å²) in [4.78, 5) is 0. The molecule has 1 atom stereocenters. The van der Waals surface area contributed by atoms with Crippen LogP contribution in [0.1, 0.15) is 18.4 Å². The number of aliphatic hydroxyl groups is 1. The molecule has 0 spiro atoms. The molecule has 0 heterocycles. The second kappa shape index (κ2) is 4.28. The Kier molecular flexibility index (Phi) is 3.30. The molecule has 1 rings (SSSR count). The fourth-order valence-corrected chi connectivity index (χ4v) is 1.22. The maximum atomic E-state index is 12.9. The number of aliphatic hydroxyl groups excluding tert-OH is 1. The molecule has 0 bridgehead atoms. The molecule has 1 aromatic carbocycles. The van der Waals surface area contributed by atoms with E-state index >= 15 is 0 Å². The highest BCUT2D eigenvalue weighted by Crippen LogP contribution is 2.31. The summed E-state index contributed by atoms with van der Waals surface area (Å²) < 4.78 is 17.9. The molecule has 78 valence electrons. The second-order valence-corrected chi connectivity index (χ2v) is 3.13. The molecule has 1 aromatic rings. The smallest absolute Gasteiger partial charge is 0.168 e. The monoisotopic (exact) mass is 200 g/mol. The summed E-state index contributed by atoms with van der Waals surface area (Å²) in [5, 5.41) is 18.1. The van der Waals surface area contributed by atoms with Gasteiger partial charge in [-0.05, 0) is 6.07 Å². The van der Waals surface area contributed by atoms with E-state index < -0.39 is 11.6 Å². The van der Waals surface area contributed by atoms with E-state index in [2.05, 4.69) is 0 Å². The van der Waals surface area contributed by atoms with Crippen molar-refractivity contribution in [2.45, 2.75) is 12.8 Å². The Hall–Kier alpha value is -1.29. The number of methoxy groups -OCH3 is 1. The van der Waals surface area contributed by atoms with E-state index in [-0.39, 0.29) is 12.5 Å². The zero-order valence-corrected chi connectivity index (χ0v) is 8.12. The van der Waals surface area contributed by atoms with Gasteiger partial charge in [0.15, 0.2) is 11.6 Å². The first-order valence-electron chi connectivity index (χ1n) is 4.27. The number of benzene rings is 1. The fourth-order valence-electron chi connectivity index (χ4n) is 1.22. The number of halogens is 1. The van der Waals surface area contributed by atoms with E-state index in [1.807, 2.05) is 0 Å². The summed E-state index contributed by atoms with van der Waals surface area (Å²) in [6.45, 7) is 1.68. The predicted octanol–water partition coefficient (Wildman–Crippen LogP) is 1.64. The van der Waals surface area contributed by atoms with Gasteiger partial charge in [0.2, 0.25) is 0 Å². The lowest BCUT2D eigenvalue weighted by atomic mass is 10.0. The first-order chi connectivity index (χ1) is 6.60. The molecular weight excluding hydrogens is 187 g/mol. The Morgan fingerprint density at radius 1 is 1.50 bits per heavy atom. The topological polar surface area (TPSA) is 49.7 Å². The quantitative estimate of drug-likeness (QED) is 0.779. The van der Waals surface area contributed by atoms with Gasteiger partial charge in [-0.1, -0.05) is 6.92 Å². The summed E-state index contributed by atoms with van der Waals surface area (Å²) >= 11 is 0. The van der Waals surface area contributed by atoms with Gasteiger partial charge in [0.25, 0.3) is 0 Å². The molecule has 4 heteroatoms. The van der Waals surface area contributed by atoms with Crippen LogP contribution < -0.4 is 4.74 Å². The first kappa shape index (κ1) is 10.8. The van der Waals surface area contributed by atoms with Crippen LogP contribution in [0.15, 0.2) is 12.1 Å². The van der Waals surface area contributed by atoms with E-state index in [9.17, 15) is 4.39 Å². The molecule has 0 amide bonds. The molecular formula is C10H13FO3.